The zero-order valence-electron chi connectivity index (χ0n) is 14.8. The summed E-state index contributed by atoms with van der Waals surface area (Å²) in [6.45, 7) is 2.12. The van der Waals surface area contributed by atoms with Crippen LogP contribution in [0.4, 0.5) is 5.69 Å². The number of hydrogen-bond acceptors (Lipinski definition) is 2. The molecule has 0 N–H and O–H groups in total. The first kappa shape index (κ1) is 15.4. The Morgan fingerprint density at radius 3 is 1.88 bits per heavy atom. The van der Waals surface area contributed by atoms with Gasteiger partial charge >= 0.3 is 0 Å². The number of nitrogens with zero attached hydrogens (tertiary/aromatic N) is 1. The van der Waals surface area contributed by atoms with Gasteiger partial charge in [0.15, 0.2) is 0 Å². The number of anilines is 1. The topological polar surface area (TPSA) is 37.4 Å². The fourth-order valence-corrected chi connectivity index (χ4v) is 6.03. The maximum atomic E-state index is 13.3. The van der Waals surface area contributed by atoms with Crippen LogP contribution in [0.1, 0.15) is 51.0 Å². The van der Waals surface area contributed by atoms with Crippen molar-refractivity contribution in [2.45, 2.75) is 51.9 Å². The highest BCUT2D eigenvalue weighted by atomic mass is 16.2. The van der Waals surface area contributed by atoms with E-state index in [-0.39, 0.29) is 23.7 Å². The summed E-state index contributed by atoms with van der Waals surface area (Å²) < 4.78 is 0. The lowest BCUT2D eigenvalue weighted by Crippen LogP contribution is -2.35. The minimum atomic E-state index is -0.0947. The van der Waals surface area contributed by atoms with Gasteiger partial charge in [-0.25, -0.2) is 0 Å². The van der Waals surface area contributed by atoms with Crippen molar-refractivity contribution in [2.24, 2.45) is 23.7 Å². The summed E-state index contributed by atoms with van der Waals surface area (Å²) in [5.74, 6) is 0.617. The van der Waals surface area contributed by atoms with Gasteiger partial charge in [0.05, 0.1) is 17.5 Å². The first-order valence-corrected chi connectivity index (χ1v) is 9.89. The molecule has 3 fully saturated rings. The Labute approximate surface area is 149 Å². The fraction of sp³-hybridized carbons (Fsp3) is 0.545. The Kier molecular flexibility index (Phi) is 3.41. The maximum Gasteiger partial charge on any atom is 0.238 e. The molecule has 0 radical (unpaired) electrons. The molecule has 2 amide bonds. The zero-order chi connectivity index (χ0) is 17.1. The normalized spacial score (nSPS) is 33.7. The van der Waals surface area contributed by atoms with Crippen LogP contribution in [0.3, 0.4) is 0 Å². The van der Waals surface area contributed by atoms with E-state index in [9.17, 15) is 9.59 Å². The monoisotopic (exact) mass is 335 g/mol. The van der Waals surface area contributed by atoms with Crippen LogP contribution in [-0.4, -0.2) is 11.8 Å². The standard InChI is InChI=1S/C22H25NO2/c1-2-13-9-11-14(12-10-13)23-21(24)19-17-7-3-5-15(17)16-6-4-8-18(16)20(19)22(23)25/h9-12,17-20H,2-8H2,1H3/t17-,18+,19-,20+. The molecule has 3 heteroatoms. The van der Waals surface area contributed by atoms with E-state index in [0.717, 1.165) is 37.8 Å². The second-order valence-corrected chi connectivity index (χ2v) is 8.13. The molecular weight excluding hydrogens is 310 g/mol. The smallest absolute Gasteiger partial charge is 0.238 e. The van der Waals surface area contributed by atoms with E-state index in [1.807, 2.05) is 24.3 Å². The number of carbonyl (C=O) groups excluding carboxylic acids is 2. The van der Waals surface area contributed by atoms with E-state index in [0.29, 0.717) is 11.8 Å². The predicted octanol–water partition coefficient (Wildman–Crippen LogP) is 4.27. The molecular formula is C22H25NO2. The molecule has 130 valence electrons. The van der Waals surface area contributed by atoms with Gasteiger partial charge in [-0.2, -0.15) is 0 Å². The molecule has 0 aromatic heterocycles. The number of carbonyl (C=O) groups is 2. The van der Waals surface area contributed by atoms with E-state index < -0.39 is 0 Å². The second-order valence-electron chi connectivity index (χ2n) is 8.13. The van der Waals surface area contributed by atoms with Crippen molar-refractivity contribution in [3.05, 3.63) is 41.0 Å². The van der Waals surface area contributed by atoms with Gasteiger partial charge in [0, 0.05) is 0 Å². The molecule has 1 saturated heterocycles. The van der Waals surface area contributed by atoms with E-state index in [4.69, 9.17) is 0 Å². The van der Waals surface area contributed by atoms with Crippen LogP contribution < -0.4 is 4.90 Å². The number of amides is 2. The van der Waals surface area contributed by atoms with Gasteiger partial charge in [-0.1, -0.05) is 30.2 Å². The molecule has 2 saturated carbocycles. The van der Waals surface area contributed by atoms with Crippen molar-refractivity contribution in [1.29, 1.82) is 0 Å². The minimum Gasteiger partial charge on any atom is -0.274 e. The Bertz CT molecular complexity index is 734. The average Bonchev–Trinajstić information content (AvgIpc) is 3.33. The van der Waals surface area contributed by atoms with E-state index in [1.165, 1.54) is 23.3 Å². The van der Waals surface area contributed by atoms with Crippen LogP contribution in [0.2, 0.25) is 0 Å². The Hall–Kier alpha value is -1.90. The highest BCUT2D eigenvalue weighted by Crippen LogP contribution is 2.57. The molecule has 0 spiro atoms. The molecule has 1 aromatic rings. The van der Waals surface area contributed by atoms with Crippen LogP contribution in [0, 0.1) is 23.7 Å². The number of fused-ring (bicyclic) bond motifs is 5. The first-order valence-electron chi connectivity index (χ1n) is 9.89. The summed E-state index contributed by atoms with van der Waals surface area (Å²) in [4.78, 5) is 28.2. The summed E-state index contributed by atoms with van der Waals surface area (Å²) in [7, 11) is 0. The van der Waals surface area contributed by atoms with Crippen molar-refractivity contribution < 1.29 is 9.59 Å². The molecule has 4 aliphatic rings. The third-order valence-electron chi connectivity index (χ3n) is 7.10. The summed E-state index contributed by atoms with van der Waals surface area (Å²) in [5.41, 5.74) is 5.12. The Balaban J connectivity index is 1.56. The summed E-state index contributed by atoms with van der Waals surface area (Å²) in [6, 6.07) is 7.98. The van der Waals surface area contributed by atoms with Crippen LogP contribution >= 0.6 is 0 Å². The quantitative estimate of drug-likeness (QED) is 0.598. The molecule has 5 rings (SSSR count). The Morgan fingerprint density at radius 1 is 0.880 bits per heavy atom. The van der Waals surface area contributed by atoms with Crippen molar-refractivity contribution in [3.8, 4) is 0 Å². The summed E-state index contributed by atoms with van der Waals surface area (Å²) in [6.07, 6.45) is 7.84. The van der Waals surface area contributed by atoms with Crippen LogP contribution in [0.15, 0.2) is 35.4 Å². The van der Waals surface area contributed by atoms with E-state index in [2.05, 4.69) is 6.92 Å². The average molecular weight is 335 g/mol. The number of allylic oxidation sites excluding steroid dienone is 2. The highest BCUT2D eigenvalue weighted by Gasteiger charge is 2.59. The number of hydrogen-bond donors (Lipinski definition) is 0. The molecule has 3 nitrogen and oxygen atoms in total. The van der Waals surface area contributed by atoms with Crippen molar-refractivity contribution in [3.63, 3.8) is 0 Å². The van der Waals surface area contributed by atoms with E-state index >= 15 is 0 Å². The largest absolute Gasteiger partial charge is 0.274 e. The SMILES string of the molecule is CCc1ccc(N2C(=O)[C@@H]3[C@H](C2=O)[C@@H]2CCCC2=C2CCC[C@@H]23)cc1. The molecule has 1 aliphatic heterocycles. The predicted molar refractivity (Wildman–Crippen MR) is 97.0 cm³/mol. The lowest BCUT2D eigenvalue weighted by Gasteiger charge is -2.34. The molecule has 3 aliphatic carbocycles. The number of rotatable bonds is 2. The van der Waals surface area contributed by atoms with Crippen LogP contribution in [0.25, 0.3) is 0 Å². The molecule has 0 bridgehead atoms. The third kappa shape index (κ3) is 2.04. The van der Waals surface area contributed by atoms with Gasteiger partial charge in [0.2, 0.25) is 11.8 Å². The number of imide groups is 1. The molecule has 0 unspecified atom stereocenters. The van der Waals surface area contributed by atoms with Gasteiger partial charge in [-0.05, 0) is 74.5 Å². The van der Waals surface area contributed by atoms with Crippen molar-refractivity contribution in [2.75, 3.05) is 4.90 Å². The second kappa shape index (κ2) is 5.55. The molecule has 1 aromatic carbocycles. The zero-order valence-corrected chi connectivity index (χ0v) is 14.8. The molecule has 4 atom stereocenters. The van der Waals surface area contributed by atoms with Crippen LogP contribution in [-0.2, 0) is 16.0 Å². The van der Waals surface area contributed by atoms with Crippen molar-refractivity contribution in [1.82, 2.24) is 0 Å². The van der Waals surface area contributed by atoms with E-state index in [1.54, 1.807) is 11.1 Å². The number of benzene rings is 1. The first-order chi connectivity index (χ1) is 12.2. The van der Waals surface area contributed by atoms with Gasteiger partial charge in [0.25, 0.3) is 0 Å². The van der Waals surface area contributed by atoms with Crippen molar-refractivity contribution >= 4 is 17.5 Å². The minimum absolute atomic E-state index is 0.0644. The lowest BCUT2D eigenvalue weighted by atomic mass is 9.66. The third-order valence-corrected chi connectivity index (χ3v) is 7.10. The van der Waals surface area contributed by atoms with Gasteiger partial charge < -0.3 is 0 Å². The molecule has 1 heterocycles. The maximum absolute atomic E-state index is 13.3. The fourth-order valence-electron chi connectivity index (χ4n) is 6.03. The van der Waals surface area contributed by atoms with Gasteiger partial charge in [0.1, 0.15) is 0 Å². The van der Waals surface area contributed by atoms with Gasteiger partial charge in [-0.3, -0.25) is 14.5 Å². The number of aryl methyl sites for hydroxylation is 1. The highest BCUT2D eigenvalue weighted by molar-refractivity contribution is 6.22. The Morgan fingerprint density at radius 2 is 1.40 bits per heavy atom. The lowest BCUT2D eigenvalue weighted by molar-refractivity contribution is -0.122. The molecule has 25 heavy (non-hydrogen) atoms. The van der Waals surface area contributed by atoms with Gasteiger partial charge in [-0.15, -0.1) is 0 Å². The summed E-state index contributed by atoms with van der Waals surface area (Å²) >= 11 is 0. The summed E-state index contributed by atoms with van der Waals surface area (Å²) in [5, 5.41) is 0. The van der Waals surface area contributed by atoms with Crippen LogP contribution in [0.5, 0.6) is 0 Å².